The first-order valence-electron chi connectivity index (χ1n) is 7.27. The van der Waals surface area contributed by atoms with Gasteiger partial charge in [0.25, 0.3) is 5.91 Å². The number of ether oxygens (including phenoxy) is 1. The molecule has 22 heavy (non-hydrogen) atoms. The molecule has 1 atom stereocenters. The lowest BCUT2D eigenvalue weighted by Crippen LogP contribution is -2.32. The first kappa shape index (κ1) is 14.5. The molecule has 0 aliphatic carbocycles. The Kier molecular flexibility index (Phi) is 4.34. The number of amides is 1. The highest BCUT2D eigenvalue weighted by Crippen LogP contribution is 2.15. The monoisotopic (exact) mass is 302 g/mol. The topological polar surface area (TPSA) is 89.3 Å². The molecule has 0 radical (unpaired) electrons. The smallest absolute Gasteiger partial charge is 0.269 e. The molecule has 0 spiro atoms. The highest BCUT2D eigenvalue weighted by atomic mass is 16.5. The third-order valence-corrected chi connectivity index (χ3v) is 3.41. The van der Waals surface area contributed by atoms with E-state index in [4.69, 9.17) is 9.26 Å². The zero-order valence-corrected chi connectivity index (χ0v) is 12.3. The molecule has 3 heterocycles. The summed E-state index contributed by atoms with van der Waals surface area (Å²) in [6.45, 7) is 3.12. The van der Waals surface area contributed by atoms with Gasteiger partial charge in [0, 0.05) is 19.2 Å². The third-order valence-electron chi connectivity index (χ3n) is 3.41. The molecule has 7 heteroatoms. The van der Waals surface area contributed by atoms with Gasteiger partial charge in [-0.05, 0) is 31.9 Å². The van der Waals surface area contributed by atoms with Crippen LogP contribution in [0.1, 0.15) is 29.1 Å². The van der Waals surface area contributed by atoms with Crippen molar-refractivity contribution < 1.29 is 14.1 Å². The summed E-state index contributed by atoms with van der Waals surface area (Å²) >= 11 is 0. The van der Waals surface area contributed by atoms with E-state index in [-0.39, 0.29) is 12.0 Å². The number of anilines is 2. The van der Waals surface area contributed by atoms with Crippen LogP contribution < -0.4 is 10.6 Å². The number of hydrogen-bond donors (Lipinski definition) is 2. The molecule has 0 bridgehead atoms. The maximum atomic E-state index is 12.0. The Morgan fingerprint density at radius 1 is 1.45 bits per heavy atom. The summed E-state index contributed by atoms with van der Waals surface area (Å²) < 4.78 is 10.4. The average molecular weight is 302 g/mol. The van der Waals surface area contributed by atoms with Gasteiger partial charge in [0.2, 0.25) is 0 Å². The summed E-state index contributed by atoms with van der Waals surface area (Å²) in [6.07, 6.45) is 3.76. The van der Waals surface area contributed by atoms with Gasteiger partial charge in [0.05, 0.1) is 18.0 Å². The minimum atomic E-state index is -0.195. The van der Waals surface area contributed by atoms with E-state index >= 15 is 0 Å². The number of aryl methyl sites for hydroxylation is 1. The van der Waals surface area contributed by atoms with Crippen LogP contribution in [0.25, 0.3) is 0 Å². The Morgan fingerprint density at radius 3 is 3.00 bits per heavy atom. The molecular weight excluding hydrogens is 284 g/mol. The molecule has 7 nitrogen and oxygen atoms in total. The highest BCUT2D eigenvalue weighted by Gasteiger charge is 2.17. The summed E-state index contributed by atoms with van der Waals surface area (Å²) in [5.41, 5.74) is 1.11. The number of rotatable bonds is 5. The van der Waals surface area contributed by atoms with Crippen molar-refractivity contribution in [1.82, 2.24) is 15.5 Å². The predicted molar refractivity (Wildman–Crippen MR) is 80.1 cm³/mol. The van der Waals surface area contributed by atoms with Crippen molar-refractivity contribution in [3.8, 4) is 0 Å². The molecule has 1 saturated heterocycles. The lowest BCUT2D eigenvalue weighted by atomic mass is 10.2. The van der Waals surface area contributed by atoms with Gasteiger partial charge in [0.15, 0.2) is 5.82 Å². The van der Waals surface area contributed by atoms with Crippen molar-refractivity contribution in [2.75, 3.05) is 18.5 Å². The van der Waals surface area contributed by atoms with E-state index in [9.17, 15) is 4.79 Å². The van der Waals surface area contributed by atoms with E-state index in [0.29, 0.717) is 18.1 Å². The van der Waals surface area contributed by atoms with Crippen LogP contribution in [0.4, 0.5) is 11.5 Å². The fourth-order valence-corrected chi connectivity index (χ4v) is 2.28. The van der Waals surface area contributed by atoms with Crippen LogP contribution in [0.2, 0.25) is 0 Å². The standard InChI is InChI=1S/C15H18N4O3/c1-10-7-14(19-22-10)18-11-4-5-13(16-8-11)15(20)17-9-12-3-2-6-21-12/h4-5,7-8,12H,2-3,6,9H2,1H3,(H,17,20)(H,18,19). The molecule has 2 aromatic rings. The second-order valence-electron chi connectivity index (χ2n) is 5.22. The van der Waals surface area contributed by atoms with Gasteiger partial charge in [0.1, 0.15) is 11.5 Å². The Morgan fingerprint density at radius 2 is 2.36 bits per heavy atom. The Labute approximate surface area is 128 Å². The van der Waals surface area contributed by atoms with Gasteiger partial charge in [-0.1, -0.05) is 5.16 Å². The number of nitrogens with zero attached hydrogens (tertiary/aromatic N) is 2. The summed E-state index contributed by atoms with van der Waals surface area (Å²) in [7, 11) is 0. The molecule has 116 valence electrons. The molecule has 1 fully saturated rings. The summed E-state index contributed by atoms with van der Waals surface area (Å²) in [4.78, 5) is 16.2. The van der Waals surface area contributed by atoms with E-state index in [1.807, 2.05) is 6.92 Å². The zero-order valence-electron chi connectivity index (χ0n) is 12.3. The maximum absolute atomic E-state index is 12.0. The lowest BCUT2D eigenvalue weighted by Gasteiger charge is -2.10. The predicted octanol–water partition coefficient (Wildman–Crippen LogP) is 2.03. The second kappa shape index (κ2) is 6.57. The van der Waals surface area contributed by atoms with Crippen molar-refractivity contribution in [1.29, 1.82) is 0 Å². The molecule has 1 amide bonds. The fourth-order valence-electron chi connectivity index (χ4n) is 2.28. The molecular formula is C15H18N4O3. The van der Waals surface area contributed by atoms with Crippen LogP contribution in [-0.2, 0) is 4.74 Å². The van der Waals surface area contributed by atoms with Crippen LogP contribution in [0.5, 0.6) is 0 Å². The summed E-state index contributed by atoms with van der Waals surface area (Å²) in [6, 6.07) is 5.22. The first-order valence-corrected chi connectivity index (χ1v) is 7.27. The number of carbonyl (C=O) groups excluding carboxylic acids is 1. The molecule has 2 N–H and O–H groups in total. The van der Waals surface area contributed by atoms with Crippen molar-refractivity contribution in [3.63, 3.8) is 0 Å². The Bertz CT molecular complexity index is 632. The SMILES string of the molecule is Cc1cc(Nc2ccc(C(=O)NCC3CCCO3)nc2)no1. The molecule has 3 rings (SSSR count). The fraction of sp³-hybridized carbons (Fsp3) is 0.400. The van der Waals surface area contributed by atoms with Gasteiger partial charge in [-0.3, -0.25) is 4.79 Å². The minimum absolute atomic E-state index is 0.125. The molecule has 1 aliphatic rings. The van der Waals surface area contributed by atoms with Gasteiger partial charge >= 0.3 is 0 Å². The zero-order chi connectivity index (χ0) is 15.4. The largest absolute Gasteiger partial charge is 0.376 e. The molecule has 1 aliphatic heterocycles. The normalized spacial score (nSPS) is 17.4. The second-order valence-corrected chi connectivity index (χ2v) is 5.22. The minimum Gasteiger partial charge on any atom is -0.376 e. The number of pyridine rings is 1. The van der Waals surface area contributed by atoms with Crippen LogP contribution in [-0.4, -0.2) is 35.3 Å². The van der Waals surface area contributed by atoms with Gasteiger partial charge in [-0.25, -0.2) is 4.98 Å². The van der Waals surface area contributed by atoms with E-state index in [0.717, 1.165) is 30.9 Å². The van der Waals surface area contributed by atoms with Crippen LogP contribution >= 0.6 is 0 Å². The van der Waals surface area contributed by atoms with E-state index in [1.165, 1.54) is 0 Å². The number of carbonyl (C=O) groups is 1. The Hall–Kier alpha value is -2.41. The van der Waals surface area contributed by atoms with Gasteiger partial charge in [-0.15, -0.1) is 0 Å². The molecule has 1 unspecified atom stereocenters. The van der Waals surface area contributed by atoms with E-state index in [2.05, 4.69) is 20.8 Å². The number of aromatic nitrogens is 2. The van der Waals surface area contributed by atoms with E-state index < -0.39 is 0 Å². The summed E-state index contributed by atoms with van der Waals surface area (Å²) in [5, 5.41) is 9.72. The first-order chi connectivity index (χ1) is 10.7. The van der Waals surface area contributed by atoms with Crippen LogP contribution in [0.3, 0.4) is 0 Å². The van der Waals surface area contributed by atoms with Crippen molar-refractivity contribution >= 4 is 17.4 Å². The number of hydrogen-bond acceptors (Lipinski definition) is 6. The van der Waals surface area contributed by atoms with Crippen LogP contribution in [0, 0.1) is 6.92 Å². The van der Waals surface area contributed by atoms with E-state index in [1.54, 1.807) is 24.4 Å². The number of nitrogens with one attached hydrogen (secondary N) is 2. The van der Waals surface area contributed by atoms with Crippen molar-refractivity contribution in [3.05, 3.63) is 35.9 Å². The molecule has 0 saturated carbocycles. The van der Waals surface area contributed by atoms with Crippen molar-refractivity contribution in [2.45, 2.75) is 25.9 Å². The third kappa shape index (κ3) is 3.62. The maximum Gasteiger partial charge on any atom is 0.269 e. The van der Waals surface area contributed by atoms with Gasteiger partial charge < -0.3 is 19.9 Å². The van der Waals surface area contributed by atoms with Crippen LogP contribution in [0.15, 0.2) is 28.9 Å². The lowest BCUT2D eigenvalue weighted by molar-refractivity contribution is 0.0854. The summed E-state index contributed by atoms with van der Waals surface area (Å²) in [5.74, 6) is 1.13. The van der Waals surface area contributed by atoms with Gasteiger partial charge in [-0.2, -0.15) is 0 Å². The molecule has 2 aromatic heterocycles. The molecule has 0 aromatic carbocycles. The Balaban J connectivity index is 1.54. The average Bonchev–Trinajstić information content (AvgIpc) is 3.17. The van der Waals surface area contributed by atoms with Crippen molar-refractivity contribution in [2.24, 2.45) is 0 Å². The highest BCUT2D eigenvalue weighted by molar-refractivity contribution is 5.92. The quantitative estimate of drug-likeness (QED) is 0.878.